The van der Waals surface area contributed by atoms with Crippen LogP contribution in [-0.4, -0.2) is 11.9 Å². The van der Waals surface area contributed by atoms with E-state index >= 15 is 0 Å². The van der Waals surface area contributed by atoms with E-state index in [2.05, 4.69) is 20.8 Å². The summed E-state index contributed by atoms with van der Waals surface area (Å²) in [6.45, 7) is 6.60. The molecule has 1 fully saturated rings. The molecule has 0 amide bonds. The van der Waals surface area contributed by atoms with Crippen molar-refractivity contribution < 1.29 is 0 Å². The van der Waals surface area contributed by atoms with Gasteiger partial charge in [-0.25, -0.2) is 0 Å². The number of hydrogen-bond acceptors (Lipinski definition) is 3. The minimum Gasteiger partial charge on any atom is -0.398 e. The van der Waals surface area contributed by atoms with Crippen LogP contribution in [0.5, 0.6) is 0 Å². The van der Waals surface area contributed by atoms with Crippen LogP contribution in [0.25, 0.3) is 0 Å². The number of anilines is 1. The second-order valence-corrected chi connectivity index (χ2v) is 7.84. The van der Waals surface area contributed by atoms with E-state index in [9.17, 15) is 0 Å². The van der Waals surface area contributed by atoms with Crippen molar-refractivity contribution in [2.24, 2.45) is 11.3 Å². The Labute approximate surface area is 138 Å². The van der Waals surface area contributed by atoms with Gasteiger partial charge < -0.3 is 16.6 Å². The molecule has 4 N–H and O–H groups in total. The lowest BCUT2D eigenvalue weighted by atomic mass is 9.48. The molecule has 0 heterocycles. The highest BCUT2D eigenvalue weighted by atomic mass is 35.5. The number of nitrogens with two attached hydrogens (primary N) is 1. The third-order valence-corrected chi connectivity index (χ3v) is 5.21. The highest BCUT2D eigenvalue weighted by molar-refractivity contribution is 6.33. The molecule has 0 aromatic heterocycles. The van der Waals surface area contributed by atoms with Gasteiger partial charge in [-0.05, 0) is 60.9 Å². The average molecular weight is 320 g/mol. The first-order valence-corrected chi connectivity index (χ1v) is 8.23. The molecule has 0 aliphatic heterocycles. The van der Waals surface area contributed by atoms with E-state index < -0.39 is 0 Å². The maximum absolute atomic E-state index is 8.77. The number of halogens is 1. The first-order chi connectivity index (χ1) is 10.2. The van der Waals surface area contributed by atoms with Crippen LogP contribution in [0, 0.1) is 22.2 Å². The smallest absolute Gasteiger partial charge is 0.0635 e. The molecular formula is C18H26ClN3. The predicted molar refractivity (Wildman–Crippen MR) is 95.5 cm³/mol. The van der Waals surface area contributed by atoms with Gasteiger partial charge in [-0.3, -0.25) is 0 Å². The molecule has 0 saturated heterocycles. The molecule has 1 unspecified atom stereocenters. The van der Waals surface area contributed by atoms with Gasteiger partial charge in [0.15, 0.2) is 0 Å². The summed E-state index contributed by atoms with van der Waals surface area (Å²) in [6, 6.07) is 5.80. The molecule has 4 heteroatoms. The second kappa shape index (κ2) is 6.04. The summed E-state index contributed by atoms with van der Waals surface area (Å²) in [5, 5.41) is 16.5. The Kier molecular flexibility index (Phi) is 4.67. The van der Waals surface area contributed by atoms with Crippen LogP contribution in [0.4, 0.5) is 5.69 Å². The van der Waals surface area contributed by atoms with Gasteiger partial charge in [0.1, 0.15) is 0 Å². The summed E-state index contributed by atoms with van der Waals surface area (Å²) in [6.07, 6.45) is 4.95. The number of nitrogen functional groups attached to an aromatic ring is 1. The number of rotatable bonds is 6. The quantitative estimate of drug-likeness (QED) is 0.497. The van der Waals surface area contributed by atoms with Gasteiger partial charge in [-0.2, -0.15) is 0 Å². The van der Waals surface area contributed by atoms with E-state index in [1.165, 1.54) is 6.21 Å². The van der Waals surface area contributed by atoms with Crippen LogP contribution in [0.3, 0.4) is 0 Å². The van der Waals surface area contributed by atoms with E-state index in [0.29, 0.717) is 10.7 Å². The van der Waals surface area contributed by atoms with Gasteiger partial charge in [0.2, 0.25) is 0 Å². The highest BCUT2D eigenvalue weighted by Crippen LogP contribution is 2.57. The normalized spacial score (nSPS) is 20.0. The van der Waals surface area contributed by atoms with Crippen molar-refractivity contribution in [3.8, 4) is 0 Å². The Morgan fingerprint density at radius 1 is 1.41 bits per heavy atom. The van der Waals surface area contributed by atoms with Crippen LogP contribution >= 0.6 is 11.6 Å². The van der Waals surface area contributed by atoms with Gasteiger partial charge in [-0.1, -0.05) is 38.4 Å². The summed E-state index contributed by atoms with van der Waals surface area (Å²) in [5.74, 6) is 0.176. The van der Waals surface area contributed by atoms with Crippen LogP contribution in [0.15, 0.2) is 18.2 Å². The monoisotopic (exact) mass is 319 g/mol. The fourth-order valence-corrected chi connectivity index (χ4v) is 4.04. The molecule has 0 spiro atoms. The lowest BCUT2D eigenvalue weighted by molar-refractivity contribution is 0.104. The second-order valence-electron chi connectivity index (χ2n) is 7.43. The van der Waals surface area contributed by atoms with E-state index in [4.69, 9.17) is 28.2 Å². The largest absolute Gasteiger partial charge is 0.398 e. The van der Waals surface area contributed by atoms with Gasteiger partial charge >= 0.3 is 0 Å². The molecule has 1 aromatic rings. The van der Waals surface area contributed by atoms with E-state index in [-0.39, 0.29) is 16.7 Å². The Morgan fingerprint density at radius 3 is 2.55 bits per heavy atom. The summed E-state index contributed by atoms with van der Waals surface area (Å²) in [4.78, 5) is 0. The number of benzene rings is 1. The first-order valence-electron chi connectivity index (χ1n) is 7.85. The van der Waals surface area contributed by atoms with Crippen LogP contribution in [-0.2, 0) is 5.41 Å². The van der Waals surface area contributed by atoms with Crippen LogP contribution in [0.1, 0.15) is 52.0 Å². The van der Waals surface area contributed by atoms with E-state index in [1.807, 2.05) is 18.2 Å². The SMILES string of the molecule is CC(CCC=N)C(=N)C1(c2ccc(Cl)c(N)c2)CC(C)(C)C1. The Bertz CT molecular complexity index is 584. The molecule has 3 nitrogen and oxygen atoms in total. The van der Waals surface area contributed by atoms with Crippen LogP contribution in [0.2, 0.25) is 5.02 Å². The topological polar surface area (TPSA) is 73.7 Å². The van der Waals surface area contributed by atoms with Crippen molar-refractivity contribution >= 4 is 29.2 Å². The van der Waals surface area contributed by atoms with Crippen molar-refractivity contribution in [1.29, 1.82) is 10.8 Å². The zero-order valence-corrected chi connectivity index (χ0v) is 14.4. The molecule has 1 aromatic carbocycles. The third-order valence-electron chi connectivity index (χ3n) is 4.86. The van der Waals surface area contributed by atoms with Gasteiger partial charge in [-0.15, -0.1) is 0 Å². The molecule has 1 aliphatic carbocycles. The molecule has 22 heavy (non-hydrogen) atoms. The summed E-state index contributed by atoms with van der Waals surface area (Å²) < 4.78 is 0. The van der Waals surface area contributed by atoms with Gasteiger partial charge in [0, 0.05) is 11.1 Å². The van der Waals surface area contributed by atoms with E-state index in [0.717, 1.165) is 37.0 Å². The molecule has 1 aliphatic rings. The van der Waals surface area contributed by atoms with Crippen molar-refractivity contribution in [1.82, 2.24) is 0 Å². The van der Waals surface area contributed by atoms with Gasteiger partial charge in [0.25, 0.3) is 0 Å². The van der Waals surface area contributed by atoms with Crippen molar-refractivity contribution in [2.75, 3.05) is 5.73 Å². The Balaban J connectivity index is 2.34. The first kappa shape index (κ1) is 17.0. The molecule has 120 valence electrons. The minimum absolute atomic E-state index is 0.176. The lowest BCUT2D eigenvalue weighted by Crippen LogP contribution is -2.53. The minimum atomic E-state index is -0.219. The average Bonchev–Trinajstić information content (AvgIpc) is 2.43. The van der Waals surface area contributed by atoms with Crippen LogP contribution < -0.4 is 5.73 Å². The standard InChI is InChI=1S/C18H26ClN3/c1-12(5-4-8-20)16(22)18(10-17(2,3)11-18)13-6-7-14(19)15(21)9-13/h6-9,12,20,22H,4-5,10-11,21H2,1-3H3. The number of hydrogen-bond donors (Lipinski definition) is 3. The predicted octanol–water partition coefficient (Wildman–Crippen LogP) is 5.07. The molecule has 1 atom stereocenters. The highest BCUT2D eigenvalue weighted by Gasteiger charge is 2.53. The van der Waals surface area contributed by atoms with Crippen molar-refractivity contribution in [2.45, 2.75) is 51.9 Å². The maximum atomic E-state index is 8.77. The molecule has 2 rings (SSSR count). The third kappa shape index (κ3) is 3.05. The zero-order valence-electron chi connectivity index (χ0n) is 13.7. The molecule has 0 bridgehead atoms. The summed E-state index contributed by atoms with van der Waals surface area (Å²) in [5.41, 5.74) is 8.49. The van der Waals surface area contributed by atoms with Crippen molar-refractivity contribution in [3.63, 3.8) is 0 Å². The summed E-state index contributed by atoms with van der Waals surface area (Å²) in [7, 11) is 0. The fraction of sp³-hybridized carbons (Fsp3) is 0.556. The Morgan fingerprint density at radius 2 is 2.05 bits per heavy atom. The summed E-state index contributed by atoms with van der Waals surface area (Å²) >= 11 is 6.05. The lowest BCUT2D eigenvalue weighted by Gasteiger charge is -2.55. The molecule has 0 radical (unpaired) electrons. The maximum Gasteiger partial charge on any atom is 0.0635 e. The fourth-order valence-electron chi connectivity index (χ4n) is 3.92. The van der Waals surface area contributed by atoms with E-state index in [1.54, 1.807) is 0 Å². The molecular weight excluding hydrogens is 294 g/mol. The molecule has 1 saturated carbocycles. The number of nitrogens with one attached hydrogen (secondary N) is 2. The zero-order chi connectivity index (χ0) is 16.5. The Hall–Kier alpha value is -1.35. The van der Waals surface area contributed by atoms with Gasteiger partial charge in [0.05, 0.1) is 10.7 Å². The van der Waals surface area contributed by atoms with Crippen molar-refractivity contribution in [3.05, 3.63) is 28.8 Å².